The summed E-state index contributed by atoms with van der Waals surface area (Å²) in [7, 11) is 0. The maximum atomic E-state index is 14.0. The second-order valence-corrected chi connectivity index (χ2v) is 6.08. The maximum absolute atomic E-state index is 14.0. The summed E-state index contributed by atoms with van der Waals surface area (Å²) in [4.78, 5) is 14.7. The Morgan fingerprint density at radius 3 is 2.71 bits per heavy atom. The first-order valence-corrected chi connectivity index (χ1v) is 7.88. The topological polar surface area (TPSA) is 32.3 Å². The maximum Gasteiger partial charge on any atom is 0.256 e. The van der Waals surface area contributed by atoms with Crippen molar-refractivity contribution in [1.29, 1.82) is 0 Å². The monoisotopic (exact) mass is 292 g/mol. The molecule has 1 fully saturated rings. The molecule has 21 heavy (non-hydrogen) atoms. The van der Waals surface area contributed by atoms with Crippen LogP contribution in [0.1, 0.15) is 50.4 Å². The number of carbonyl (C=O) groups is 1. The molecular formula is C17H25FN2O. The summed E-state index contributed by atoms with van der Waals surface area (Å²) in [6, 6.07) is 4.84. The van der Waals surface area contributed by atoms with Gasteiger partial charge < -0.3 is 10.2 Å². The number of para-hydroxylation sites is 1. The number of benzene rings is 1. The van der Waals surface area contributed by atoms with E-state index in [0.717, 1.165) is 13.0 Å². The highest BCUT2D eigenvalue weighted by Gasteiger charge is 2.30. The smallest absolute Gasteiger partial charge is 0.256 e. The Bertz CT molecular complexity index is 498. The molecule has 1 aromatic carbocycles. The Kier molecular flexibility index (Phi) is 5.21. The molecule has 0 heterocycles. The standard InChI is InChI=1S/C17H25FN2O/c1-4-10-19-16-14(6-5-7-15(16)18)17(21)20(12(2)3)11-13-8-9-13/h5-7,12-13,19H,4,8-11H2,1-3H3. The lowest BCUT2D eigenvalue weighted by molar-refractivity contribution is 0.0697. The lowest BCUT2D eigenvalue weighted by Crippen LogP contribution is -2.39. The van der Waals surface area contributed by atoms with Gasteiger partial charge in [0.1, 0.15) is 5.82 Å². The van der Waals surface area contributed by atoms with E-state index in [4.69, 9.17) is 0 Å². The number of halogens is 1. The molecule has 3 nitrogen and oxygen atoms in total. The van der Waals surface area contributed by atoms with Crippen molar-refractivity contribution in [3.05, 3.63) is 29.6 Å². The molecule has 4 heteroatoms. The van der Waals surface area contributed by atoms with Crippen LogP contribution in [0, 0.1) is 11.7 Å². The molecule has 1 saturated carbocycles. The Morgan fingerprint density at radius 2 is 2.14 bits per heavy atom. The van der Waals surface area contributed by atoms with Crippen molar-refractivity contribution >= 4 is 11.6 Å². The average molecular weight is 292 g/mol. The first kappa shape index (κ1) is 15.8. The van der Waals surface area contributed by atoms with E-state index < -0.39 is 0 Å². The summed E-state index contributed by atoms with van der Waals surface area (Å²) < 4.78 is 14.0. The van der Waals surface area contributed by atoms with Crippen LogP contribution in [0.25, 0.3) is 0 Å². The van der Waals surface area contributed by atoms with Crippen molar-refractivity contribution in [2.75, 3.05) is 18.4 Å². The van der Waals surface area contributed by atoms with Gasteiger partial charge >= 0.3 is 0 Å². The van der Waals surface area contributed by atoms with Crippen LogP contribution < -0.4 is 5.32 Å². The molecule has 1 N–H and O–H groups in total. The largest absolute Gasteiger partial charge is 0.382 e. The zero-order valence-electron chi connectivity index (χ0n) is 13.2. The number of anilines is 1. The molecule has 116 valence electrons. The fourth-order valence-corrected chi connectivity index (χ4v) is 2.39. The Labute approximate surface area is 126 Å². The predicted molar refractivity (Wildman–Crippen MR) is 84.1 cm³/mol. The SMILES string of the molecule is CCCNc1c(F)cccc1C(=O)N(CC1CC1)C(C)C. The molecule has 0 aliphatic heterocycles. The third-order valence-corrected chi connectivity index (χ3v) is 3.83. The molecule has 0 saturated heterocycles. The van der Waals surface area contributed by atoms with Gasteiger partial charge in [-0.15, -0.1) is 0 Å². The highest BCUT2D eigenvalue weighted by Crippen LogP contribution is 2.31. The van der Waals surface area contributed by atoms with Gasteiger partial charge in [0.05, 0.1) is 11.3 Å². The molecule has 2 rings (SSSR count). The summed E-state index contributed by atoms with van der Waals surface area (Å²) in [5.41, 5.74) is 0.781. The molecule has 0 radical (unpaired) electrons. The Hall–Kier alpha value is -1.58. The van der Waals surface area contributed by atoms with Crippen molar-refractivity contribution in [2.24, 2.45) is 5.92 Å². The third-order valence-electron chi connectivity index (χ3n) is 3.83. The van der Waals surface area contributed by atoms with Crippen LogP contribution in [-0.2, 0) is 0 Å². The van der Waals surface area contributed by atoms with Crippen molar-refractivity contribution < 1.29 is 9.18 Å². The zero-order chi connectivity index (χ0) is 15.4. The van der Waals surface area contributed by atoms with Crippen LogP contribution in [0.2, 0.25) is 0 Å². The van der Waals surface area contributed by atoms with Crippen LogP contribution >= 0.6 is 0 Å². The van der Waals surface area contributed by atoms with Gasteiger partial charge in [0, 0.05) is 19.1 Å². The number of carbonyl (C=O) groups excluding carboxylic acids is 1. The van der Waals surface area contributed by atoms with Gasteiger partial charge in [-0.25, -0.2) is 4.39 Å². The van der Waals surface area contributed by atoms with E-state index in [9.17, 15) is 9.18 Å². The second kappa shape index (κ2) is 6.92. The molecule has 1 aliphatic rings. The number of amides is 1. The minimum absolute atomic E-state index is 0.0741. The quantitative estimate of drug-likeness (QED) is 0.826. The number of rotatable bonds is 7. The normalized spacial score (nSPS) is 14.3. The van der Waals surface area contributed by atoms with Crippen molar-refractivity contribution in [2.45, 2.75) is 46.1 Å². The number of hydrogen-bond donors (Lipinski definition) is 1. The first-order chi connectivity index (χ1) is 10.0. The van der Waals surface area contributed by atoms with Crippen molar-refractivity contribution in [3.63, 3.8) is 0 Å². The summed E-state index contributed by atoms with van der Waals surface area (Å²) in [6.07, 6.45) is 3.28. The predicted octanol–water partition coefficient (Wildman–Crippen LogP) is 3.91. The highest BCUT2D eigenvalue weighted by molar-refractivity contribution is 6.00. The van der Waals surface area contributed by atoms with E-state index >= 15 is 0 Å². The van der Waals surface area contributed by atoms with Gasteiger partial charge in [-0.1, -0.05) is 13.0 Å². The molecule has 0 aromatic heterocycles. The number of hydrogen-bond acceptors (Lipinski definition) is 2. The molecule has 1 aliphatic carbocycles. The van der Waals surface area contributed by atoms with Crippen LogP contribution in [0.5, 0.6) is 0 Å². The van der Waals surface area contributed by atoms with Gasteiger partial charge in [-0.2, -0.15) is 0 Å². The van der Waals surface area contributed by atoms with Gasteiger partial charge in [0.2, 0.25) is 0 Å². The molecular weight excluding hydrogens is 267 g/mol. The molecule has 0 bridgehead atoms. The summed E-state index contributed by atoms with van der Waals surface area (Å²) in [6.45, 7) is 7.48. The summed E-state index contributed by atoms with van der Waals surface area (Å²) in [5, 5.41) is 3.05. The highest BCUT2D eigenvalue weighted by atomic mass is 19.1. The Morgan fingerprint density at radius 1 is 1.43 bits per heavy atom. The van der Waals surface area contributed by atoms with Crippen LogP contribution in [0.4, 0.5) is 10.1 Å². The van der Waals surface area contributed by atoms with Crippen LogP contribution in [0.15, 0.2) is 18.2 Å². The van der Waals surface area contributed by atoms with E-state index in [1.807, 2.05) is 25.7 Å². The third kappa shape index (κ3) is 3.96. The van der Waals surface area contributed by atoms with E-state index in [1.54, 1.807) is 12.1 Å². The summed E-state index contributed by atoms with van der Waals surface area (Å²) >= 11 is 0. The van der Waals surface area contributed by atoms with E-state index in [0.29, 0.717) is 23.7 Å². The number of nitrogens with zero attached hydrogens (tertiary/aromatic N) is 1. The first-order valence-electron chi connectivity index (χ1n) is 7.88. The molecule has 0 atom stereocenters. The Balaban J connectivity index is 2.25. The fraction of sp³-hybridized carbons (Fsp3) is 0.588. The fourth-order valence-electron chi connectivity index (χ4n) is 2.39. The van der Waals surface area contributed by atoms with Crippen LogP contribution in [0.3, 0.4) is 0 Å². The van der Waals surface area contributed by atoms with Gasteiger partial charge in [0.25, 0.3) is 5.91 Å². The van der Waals surface area contributed by atoms with E-state index in [1.165, 1.54) is 18.9 Å². The van der Waals surface area contributed by atoms with Crippen molar-refractivity contribution in [3.8, 4) is 0 Å². The second-order valence-electron chi connectivity index (χ2n) is 6.08. The molecule has 0 spiro atoms. The molecule has 1 aromatic rings. The lowest BCUT2D eigenvalue weighted by atomic mass is 10.1. The zero-order valence-corrected chi connectivity index (χ0v) is 13.2. The van der Waals surface area contributed by atoms with E-state index in [2.05, 4.69) is 5.32 Å². The number of nitrogens with one attached hydrogen (secondary N) is 1. The van der Waals surface area contributed by atoms with Gasteiger partial charge in [-0.3, -0.25) is 4.79 Å². The molecule has 1 amide bonds. The minimum atomic E-state index is -0.357. The van der Waals surface area contributed by atoms with Crippen molar-refractivity contribution in [1.82, 2.24) is 4.90 Å². The summed E-state index contributed by atoms with van der Waals surface area (Å²) in [5.74, 6) is 0.191. The minimum Gasteiger partial charge on any atom is -0.382 e. The lowest BCUT2D eigenvalue weighted by Gasteiger charge is -2.28. The van der Waals surface area contributed by atoms with Crippen LogP contribution in [-0.4, -0.2) is 29.9 Å². The average Bonchev–Trinajstić information content (AvgIpc) is 3.26. The van der Waals surface area contributed by atoms with Gasteiger partial charge in [0.15, 0.2) is 0 Å². The molecule has 0 unspecified atom stereocenters. The van der Waals surface area contributed by atoms with E-state index in [-0.39, 0.29) is 17.8 Å². The van der Waals surface area contributed by atoms with Gasteiger partial charge in [-0.05, 0) is 51.2 Å².